The Morgan fingerprint density at radius 3 is 2.75 bits per heavy atom. The van der Waals surface area contributed by atoms with E-state index in [-0.39, 0.29) is 24.2 Å². The number of amides is 1. The maximum Gasteiger partial charge on any atom is 0.288 e. The Hall–Kier alpha value is -3.67. The summed E-state index contributed by atoms with van der Waals surface area (Å²) in [4.78, 5) is 23.8. The van der Waals surface area contributed by atoms with Gasteiger partial charge in [0.15, 0.2) is 0 Å². The average Bonchev–Trinajstić information content (AvgIpc) is 3.30. The molecule has 0 spiro atoms. The summed E-state index contributed by atoms with van der Waals surface area (Å²) in [5.74, 6) is -2.33. The standard InChI is InChI=1S/C24H20F4N6OS/c25-22(26)18-12-31-34-7-6-33(13-20(18)34)21-5-4-15-10-29-16(9-19(15)32-21)11-30-23(35)14-2-1-3-17(8-14)36-24(27)28/h1-5,8-10,12,22,24H,6-7,11,13H2,(H,30,35). The van der Waals surface area contributed by atoms with E-state index in [1.807, 2.05) is 17.0 Å². The van der Waals surface area contributed by atoms with Gasteiger partial charge >= 0.3 is 0 Å². The summed E-state index contributed by atoms with van der Waals surface area (Å²) < 4.78 is 53.5. The molecule has 0 aliphatic carbocycles. The maximum atomic E-state index is 13.3. The summed E-state index contributed by atoms with van der Waals surface area (Å²) in [6.07, 6.45) is 0.276. The molecule has 0 fully saturated rings. The minimum atomic E-state index is -2.59. The lowest BCUT2D eigenvalue weighted by molar-refractivity contribution is 0.0950. The summed E-state index contributed by atoms with van der Waals surface area (Å²) in [5.41, 5.74) is 1.90. The van der Waals surface area contributed by atoms with Gasteiger partial charge in [-0.3, -0.25) is 14.5 Å². The number of carbonyl (C=O) groups excluding carboxylic acids is 1. The highest BCUT2D eigenvalue weighted by Gasteiger charge is 2.25. The monoisotopic (exact) mass is 516 g/mol. The summed E-state index contributed by atoms with van der Waals surface area (Å²) in [7, 11) is 0. The van der Waals surface area contributed by atoms with Crippen LogP contribution in [0.15, 0.2) is 59.8 Å². The van der Waals surface area contributed by atoms with Gasteiger partial charge in [0.25, 0.3) is 18.1 Å². The summed E-state index contributed by atoms with van der Waals surface area (Å²) >= 11 is 0.378. The van der Waals surface area contributed by atoms with Gasteiger partial charge in [-0.1, -0.05) is 17.8 Å². The molecule has 36 heavy (non-hydrogen) atoms. The van der Waals surface area contributed by atoms with Crippen molar-refractivity contribution in [3.05, 3.63) is 77.4 Å². The molecule has 12 heteroatoms. The van der Waals surface area contributed by atoms with Crippen molar-refractivity contribution >= 4 is 34.4 Å². The Labute approximate surface area is 207 Å². The van der Waals surface area contributed by atoms with E-state index in [1.54, 1.807) is 29.1 Å². The number of nitrogens with zero attached hydrogens (tertiary/aromatic N) is 5. The minimum Gasteiger partial charge on any atom is -0.349 e. The number of anilines is 1. The highest BCUT2D eigenvalue weighted by atomic mass is 32.2. The second-order valence-electron chi connectivity index (χ2n) is 8.12. The van der Waals surface area contributed by atoms with E-state index in [1.165, 1.54) is 18.3 Å². The first-order chi connectivity index (χ1) is 17.4. The van der Waals surface area contributed by atoms with Crippen LogP contribution in [-0.2, 0) is 19.6 Å². The number of hydrogen-bond donors (Lipinski definition) is 1. The van der Waals surface area contributed by atoms with Crippen molar-refractivity contribution in [2.75, 3.05) is 11.4 Å². The summed E-state index contributed by atoms with van der Waals surface area (Å²) in [5, 5.41) is 7.59. The molecule has 0 radical (unpaired) electrons. The number of hydrogen-bond acceptors (Lipinski definition) is 6. The normalized spacial score (nSPS) is 13.4. The second kappa shape index (κ2) is 10.1. The molecule has 1 aliphatic heterocycles. The lowest BCUT2D eigenvalue weighted by Gasteiger charge is -2.29. The predicted molar refractivity (Wildman–Crippen MR) is 127 cm³/mol. The smallest absolute Gasteiger partial charge is 0.288 e. The fourth-order valence-corrected chi connectivity index (χ4v) is 4.61. The molecule has 5 rings (SSSR count). The van der Waals surface area contributed by atoms with Crippen LogP contribution >= 0.6 is 11.8 Å². The minimum absolute atomic E-state index is 0.0685. The summed E-state index contributed by atoms with van der Waals surface area (Å²) in [6.45, 7) is 1.45. The molecule has 1 aliphatic rings. The number of alkyl halides is 4. The van der Waals surface area contributed by atoms with E-state index in [4.69, 9.17) is 4.98 Å². The van der Waals surface area contributed by atoms with Gasteiger partial charge in [-0.2, -0.15) is 13.9 Å². The van der Waals surface area contributed by atoms with Crippen LogP contribution in [0, 0.1) is 0 Å². The molecular formula is C24H20F4N6OS. The van der Waals surface area contributed by atoms with E-state index in [9.17, 15) is 22.4 Å². The van der Waals surface area contributed by atoms with Gasteiger partial charge < -0.3 is 10.2 Å². The zero-order chi connectivity index (χ0) is 25.2. The first kappa shape index (κ1) is 24.0. The SMILES string of the molecule is O=C(NCc1cc2nc(N3CCn4ncc(C(F)F)c4C3)ccc2cn1)c1cccc(SC(F)F)c1. The van der Waals surface area contributed by atoms with Crippen LogP contribution in [0.5, 0.6) is 0 Å². The Morgan fingerprint density at radius 2 is 1.94 bits per heavy atom. The molecule has 4 heterocycles. The quantitative estimate of drug-likeness (QED) is 0.274. The van der Waals surface area contributed by atoms with E-state index < -0.39 is 18.1 Å². The topological polar surface area (TPSA) is 75.9 Å². The highest BCUT2D eigenvalue weighted by molar-refractivity contribution is 7.99. The Balaban J connectivity index is 1.30. The molecule has 0 bridgehead atoms. The number of rotatable bonds is 7. The Kier molecular flexibility index (Phi) is 6.77. The Morgan fingerprint density at radius 1 is 1.08 bits per heavy atom. The first-order valence-corrected chi connectivity index (χ1v) is 11.9. The number of halogens is 4. The lowest BCUT2D eigenvalue weighted by Crippen LogP contribution is -2.34. The van der Waals surface area contributed by atoms with Gasteiger partial charge in [-0.05, 0) is 36.4 Å². The third kappa shape index (κ3) is 5.13. The predicted octanol–water partition coefficient (Wildman–Crippen LogP) is 5.03. The largest absolute Gasteiger partial charge is 0.349 e. The van der Waals surface area contributed by atoms with Crippen LogP contribution in [-0.4, -0.2) is 38.0 Å². The van der Waals surface area contributed by atoms with Crippen LogP contribution in [0.3, 0.4) is 0 Å². The number of thioether (sulfide) groups is 1. The molecule has 7 nitrogen and oxygen atoms in total. The molecule has 1 aromatic carbocycles. The van der Waals surface area contributed by atoms with E-state index >= 15 is 0 Å². The van der Waals surface area contributed by atoms with Crippen molar-refractivity contribution in [1.29, 1.82) is 0 Å². The van der Waals surface area contributed by atoms with Crippen LogP contribution < -0.4 is 10.2 Å². The van der Waals surface area contributed by atoms with Gasteiger partial charge in [0.1, 0.15) is 5.82 Å². The first-order valence-electron chi connectivity index (χ1n) is 11.0. The molecule has 186 valence electrons. The molecule has 1 amide bonds. The average molecular weight is 517 g/mol. The number of fused-ring (bicyclic) bond motifs is 2. The zero-order valence-electron chi connectivity index (χ0n) is 18.7. The molecule has 0 saturated carbocycles. The molecule has 0 saturated heterocycles. The maximum absolute atomic E-state index is 13.3. The number of aromatic nitrogens is 4. The third-order valence-corrected chi connectivity index (χ3v) is 6.53. The molecule has 0 atom stereocenters. The van der Waals surface area contributed by atoms with Crippen LogP contribution in [0.1, 0.15) is 33.7 Å². The zero-order valence-corrected chi connectivity index (χ0v) is 19.6. The number of benzene rings is 1. The molecule has 4 aromatic rings. The van der Waals surface area contributed by atoms with E-state index in [0.29, 0.717) is 52.5 Å². The van der Waals surface area contributed by atoms with Crippen molar-refractivity contribution < 1.29 is 22.4 Å². The fraction of sp³-hybridized carbons (Fsp3) is 0.250. The second-order valence-corrected chi connectivity index (χ2v) is 9.18. The number of nitrogens with one attached hydrogen (secondary N) is 1. The molecule has 0 unspecified atom stereocenters. The van der Waals surface area contributed by atoms with Gasteiger partial charge in [0.05, 0.1) is 48.3 Å². The highest BCUT2D eigenvalue weighted by Crippen LogP contribution is 2.29. The van der Waals surface area contributed by atoms with Crippen LogP contribution in [0.25, 0.3) is 10.9 Å². The molecule has 3 aromatic heterocycles. The van der Waals surface area contributed by atoms with Crippen molar-refractivity contribution in [2.24, 2.45) is 0 Å². The van der Waals surface area contributed by atoms with Gasteiger partial charge in [0, 0.05) is 28.6 Å². The van der Waals surface area contributed by atoms with Crippen molar-refractivity contribution in [3.63, 3.8) is 0 Å². The van der Waals surface area contributed by atoms with E-state index in [2.05, 4.69) is 15.4 Å². The van der Waals surface area contributed by atoms with Crippen molar-refractivity contribution in [1.82, 2.24) is 25.1 Å². The van der Waals surface area contributed by atoms with Crippen molar-refractivity contribution in [3.8, 4) is 0 Å². The molecular weight excluding hydrogens is 496 g/mol. The Bertz CT molecular complexity index is 1410. The number of carbonyl (C=O) groups is 1. The van der Waals surface area contributed by atoms with Crippen LogP contribution in [0.2, 0.25) is 0 Å². The lowest BCUT2D eigenvalue weighted by atomic mass is 10.2. The van der Waals surface area contributed by atoms with Crippen molar-refractivity contribution in [2.45, 2.75) is 36.7 Å². The number of pyridine rings is 2. The molecule has 1 N–H and O–H groups in total. The van der Waals surface area contributed by atoms with Gasteiger partial charge in [-0.15, -0.1) is 0 Å². The fourth-order valence-electron chi connectivity index (χ4n) is 4.05. The van der Waals surface area contributed by atoms with E-state index in [0.717, 1.165) is 5.39 Å². The summed E-state index contributed by atoms with van der Waals surface area (Å²) in [6, 6.07) is 11.5. The third-order valence-electron chi connectivity index (χ3n) is 5.83. The van der Waals surface area contributed by atoms with Crippen LogP contribution in [0.4, 0.5) is 23.4 Å². The van der Waals surface area contributed by atoms with Gasteiger partial charge in [-0.25, -0.2) is 13.8 Å². The van der Waals surface area contributed by atoms with Gasteiger partial charge in [0.2, 0.25) is 0 Å².